The highest BCUT2D eigenvalue weighted by atomic mass is 16.5. The Morgan fingerprint density at radius 2 is 2.10 bits per heavy atom. The van der Waals surface area contributed by atoms with E-state index in [2.05, 4.69) is 10.1 Å². The molecule has 0 atom stereocenters. The highest BCUT2D eigenvalue weighted by Gasteiger charge is 2.17. The molecule has 0 aliphatic rings. The monoisotopic (exact) mass is 283 g/mol. The average molecular weight is 283 g/mol. The number of nitrogens with one attached hydrogen (secondary N) is 1. The lowest BCUT2D eigenvalue weighted by Gasteiger charge is -2.05. The van der Waals surface area contributed by atoms with Gasteiger partial charge in [0.15, 0.2) is 0 Å². The number of nitrogens with zero attached hydrogens (tertiary/aromatic N) is 1. The van der Waals surface area contributed by atoms with Crippen LogP contribution in [0.4, 0.5) is 5.88 Å². The summed E-state index contributed by atoms with van der Waals surface area (Å²) in [7, 11) is 1.60. The van der Waals surface area contributed by atoms with Crippen molar-refractivity contribution in [3.63, 3.8) is 0 Å². The topological polar surface area (TPSA) is 94.1 Å². The highest BCUT2D eigenvalue weighted by Crippen LogP contribution is 2.36. The number of hydrogen-bond donors (Lipinski definition) is 2. The number of aromatic amines is 1. The lowest BCUT2D eigenvalue weighted by atomic mass is 10.0. The van der Waals surface area contributed by atoms with Crippen molar-refractivity contribution in [1.29, 1.82) is 0 Å². The second-order valence-electron chi connectivity index (χ2n) is 4.44. The largest absolute Gasteiger partial charge is 0.497 e. The smallest absolute Gasteiger partial charge is 0.247 e. The number of methoxy groups -OCH3 is 1. The number of rotatable bonds is 3. The van der Waals surface area contributed by atoms with Gasteiger partial charge in [-0.3, -0.25) is 4.79 Å². The van der Waals surface area contributed by atoms with Gasteiger partial charge in [0, 0.05) is 17.8 Å². The summed E-state index contributed by atoms with van der Waals surface area (Å²) in [5.41, 5.74) is 8.49. The predicted molar refractivity (Wildman–Crippen MR) is 79.0 cm³/mol. The quantitative estimate of drug-likeness (QED) is 0.769. The molecule has 1 aromatic carbocycles. The molecule has 0 aliphatic heterocycles. The summed E-state index contributed by atoms with van der Waals surface area (Å²) >= 11 is 0. The van der Waals surface area contributed by atoms with E-state index in [0.29, 0.717) is 22.6 Å². The van der Waals surface area contributed by atoms with Crippen LogP contribution in [0.25, 0.3) is 22.4 Å². The maximum atomic E-state index is 11.2. The summed E-state index contributed by atoms with van der Waals surface area (Å²) < 4.78 is 10.3. The molecule has 3 N–H and O–H groups in total. The van der Waals surface area contributed by atoms with E-state index in [9.17, 15) is 4.79 Å². The fourth-order valence-electron chi connectivity index (χ4n) is 2.12. The van der Waals surface area contributed by atoms with Gasteiger partial charge in [0.1, 0.15) is 11.4 Å². The number of anilines is 1. The van der Waals surface area contributed by atoms with Crippen LogP contribution in [0.3, 0.4) is 0 Å². The Hall–Kier alpha value is -3.02. The lowest BCUT2D eigenvalue weighted by molar-refractivity contribution is 0.415. The predicted octanol–water partition coefficient (Wildman–Crippen LogP) is 2.29. The fraction of sp³-hybridized carbons (Fsp3) is 0.0667. The van der Waals surface area contributed by atoms with Gasteiger partial charge in [-0.2, -0.15) is 0 Å². The van der Waals surface area contributed by atoms with E-state index < -0.39 is 0 Å². The third-order valence-electron chi connectivity index (χ3n) is 3.13. The van der Waals surface area contributed by atoms with Crippen LogP contribution in [0, 0.1) is 0 Å². The van der Waals surface area contributed by atoms with E-state index in [-0.39, 0.29) is 11.4 Å². The Labute approximate surface area is 120 Å². The molecule has 6 nitrogen and oxygen atoms in total. The second-order valence-corrected chi connectivity index (χ2v) is 4.44. The van der Waals surface area contributed by atoms with E-state index in [1.165, 1.54) is 6.07 Å². The number of nitrogen functional groups attached to an aromatic ring is 1. The van der Waals surface area contributed by atoms with E-state index in [1.54, 1.807) is 19.4 Å². The highest BCUT2D eigenvalue weighted by molar-refractivity contribution is 5.86. The minimum absolute atomic E-state index is 0.182. The maximum absolute atomic E-state index is 11.2. The molecule has 0 radical (unpaired) electrons. The van der Waals surface area contributed by atoms with Crippen molar-refractivity contribution in [1.82, 2.24) is 10.1 Å². The minimum Gasteiger partial charge on any atom is -0.497 e. The first kappa shape index (κ1) is 13.0. The van der Waals surface area contributed by atoms with Gasteiger partial charge in [0.05, 0.1) is 12.7 Å². The van der Waals surface area contributed by atoms with Gasteiger partial charge in [0.25, 0.3) is 0 Å². The number of hydrogen-bond acceptors (Lipinski definition) is 5. The van der Waals surface area contributed by atoms with E-state index in [1.807, 2.05) is 24.3 Å². The number of H-pyrrole nitrogens is 1. The van der Waals surface area contributed by atoms with E-state index >= 15 is 0 Å². The van der Waals surface area contributed by atoms with Gasteiger partial charge in [-0.15, -0.1) is 0 Å². The lowest BCUT2D eigenvalue weighted by Crippen LogP contribution is -2.01. The van der Waals surface area contributed by atoms with Gasteiger partial charge in [-0.05, 0) is 23.8 Å². The molecular formula is C15H13N3O3. The molecule has 3 aromatic rings. The Kier molecular flexibility index (Phi) is 3.19. The second kappa shape index (κ2) is 5.16. The van der Waals surface area contributed by atoms with Crippen molar-refractivity contribution < 1.29 is 9.26 Å². The number of aromatic nitrogens is 2. The molecule has 0 spiro atoms. The molecule has 0 saturated heterocycles. The van der Waals surface area contributed by atoms with Crippen LogP contribution in [0.1, 0.15) is 0 Å². The summed E-state index contributed by atoms with van der Waals surface area (Å²) in [5, 5.41) is 3.98. The molecule has 0 saturated carbocycles. The zero-order valence-corrected chi connectivity index (χ0v) is 11.3. The normalized spacial score (nSPS) is 10.5. The summed E-state index contributed by atoms with van der Waals surface area (Å²) in [4.78, 5) is 13.8. The molecule has 2 aromatic heterocycles. The molecule has 6 heteroatoms. The molecule has 3 rings (SSSR count). The Morgan fingerprint density at radius 3 is 2.81 bits per heavy atom. The zero-order chi connectivity index (χ0) is 14.8. The van der Waals surface area contributed by atoms with Crippen LogP contribution in [-0.4, -0.2) is 17.3 Å². The number of ether oxygens (including phenoxy) is 1. The number of nitrogens with two attached hydrogens (primary N) is 1. The first-order valence-electron chi connectivity index (χ1n) is 6.27. The Morgan fingerprint density at radius 1 is 1.24 bits per heavy atom. The maximum Gasteiger partial charge on any atom is 0.247 e. The van der Waals surface area contributed by atoms with E-state index in [0.717, 1.165) is 5.56 Å². The average Bonchev–Trinajstić information content (AvgIpc) is 2.90. The first-order valence-corrected chi connectivity index (χ1v) is 6.27. The molecular weight excluding hydrogens is 270 g/mol. The third kappa shape index (κ3) is 2.38. The Balaban J connectivity index is 2.16. The van der Waals surface area contributed by atoms with Crippen LogP contribution < -0.4 is 16.0 Å². The molecule has 0 aliphatic carbocycles. The number of pyridine rings is 1. The van der Waals surface area contributed by atoms with Gasteiger partial charge in [-0.25, -0.2) is 0 Å². The first-order chi connectivity index (χ1) is 10.2. The van der Waals surface area contributed by atoms with Crippen LogP contribution in [0.5, 0.6) is 5.75 Å². The molecule has 0 amide bonds. The summed E-state index contributed by atoms with van der Waals surface area (Å²) in [6, 6.07) is 10.5. The molecule has 106 valence electrons. The summed E-state index contributed by atoms with van der Waals surface area (Å²) in [6.45, 7) is 0. The molecule has 0 bridgehead atoms. The minimum atomic E-state index is -0.182. The van der Waals surface area contributed by atoms with Crippen LogP contribution in [-0.2, 0) is 0 Å². The van der Waals surface area contributed by atoms with Gasteiger partial charge < -0.3 is 20.0 Å². The third-order valence-corrected chi connectivity index (χ3v) is 3.13. The van der Waals surface area contributed by atoms with Crippen molar-refractivity contribution in [3.8, 4) is 28.1 Å². The standard InChI is InChI=1S/C15H13N3O3/c1-20-11-4-2-3-9(7-11)13-14(18-21-15(13)16)10-5-6-12(19)17-8-10/h2-8H,16H2,1H3,(H,17,19). The molecule has 2 heterocycles. The summed E-state index contributed by atoms with van der Waals surface area (Å²) in [6.07, 6.45) is 1.57. The van der Waals surface area contributed by atoms with E-state index in [4.69, 9.17) is 15.0 Å². The number of benzene rings is 1. The van der Waals surface area contributed by atoms with Gasteiger partial charge in [0.2, 0.25) is 11.4 Å². The zero-order valence-electron chi connectivity index (χ0n) is 11.3. The van der Waals surface area contributed by atoms with Crippen molar-refractivity contribution in [2.45, 2.75) is 0 Å². The van der Waals surface area contributed by atoms with Crippen molar-refractivity contribution in [2.24, 2.45) is 0 Å². The SMILES string of the molecule is COc1cccc(-c2c(-c3ccc(=O)[nH]c3)noc2N)c1. The van der Waals surface area contributed by atoms with Crippen LogP contribution in [0.15, 0.2) is 51.9 Å². The fourth-order valence-corrected chi connectivity index (χ4v) is 2.12. The molecule has 21 heavy (non-hydrogen) atoms. The Bertz CT molecular complexity index is 816. The van der Waals surface area contributed by atoms with Crippen molar-refractivity contribution in [2.75, 3.05) is 12.8 Å². The molecule has 0 unspecified atom stereocenters. The van der Waals surface area contributed by atoms with Crippen molar-refractivity contribution in [3.05, 3.63) is 52.9 Å². The van der Waals surface area contributed by atoms with Crippen LogP contribution in [0.2, 0.25) is 0 Å². The van der Waals surface area contributed by atoms with Crippen LogP contribution >= 0.6 is 0 Å². The van der Waals surface area contributed by atoms with Crippen molar-refractivity contribution >= 4 is 5.88 Å². The molecule has 0 fully saturated rings. The van der Waals surface area contributed by atoms with Gasteiger partial charge in [-0.1, -0.05) is 17.3 Å². The van der Waals surface area contributed by atoms with Gasteiger partial charge >= 0.3 is 0 Å². The summed E-state index contributed by atoms with van der Waals surface area (Å²) in [5.74, 6) is 0.921.